The van der Waals surface area contributed by atoms with Crippen LogP contribution in [-0.4, -0.2) is 28.5 Å². The molecule has 1 saturated carbocycles. The van der Waals surface area contributed by atoms with Gasteiger partial charge >= 0.3 is 0 Å². The summed E-state index contributed by atoms with van der Waals surface area (Å²) >= 11 is 12.4. The number of benzene rings is 1. The maximum atomic E-state index is 8.58. The molecule has 0 aliphatic heterocycles. The van der Waals surface area contributed by atoms with E-state index in [1.165, 1.54) is 12.8 Å². The van der Waals surface area contributed by atoms with E-state index in [-0.39, 0.29) is 5.84 Å². The molecule has 1 aliphatic rings. The number of halogens is 2. The monoisotopic (exact) mass is 301 g/mol. The molecule has 0 unspecified atom stereocenters. The number of nitrogens with zero attached hydrogens (tertiary/aromatic N) is 2. The fourth-order valence-electron chi connectivity index (χ4n) is 2.03. The highest BCUT2D eigenvalue weighted by molar-refractivity contribution is 6.35. The molecule has 1 aromatic rings. The molecule has 2 rings (SSSR count). The molecule has 0 aromatic heterocycles. The van der Waals surface area contributed by atoms with E-state index >= 15 is 0 Å². The van der Waals surface area contributed by atoms with E-state index in [0.29, 0.717) is 29.1 Å². The van der Waals surface area contributed by atoms with Gasteiger partial charge in [-0.05, 0) is 25.0 Å². The molecule has 0 bridgehead atoms. The second kappa shape index (κ2) is 6.46. The van der Waals surface area contributed by atoms with Crippen LogP contribution in [0.5, 0.6) is 0 Å². The second-order valence-electron chi connectivity index (χ2n) is 4.74. The normalized spacial score (nSPS) is 16.1. The summed E-state index contributed by atoms with van der Waals surface area (Å²) in [5.74, 6) is 0.246. The molecule has 4 nitrogen and oxygen atoms in total. The predicted molar refractivity (Wildman–Crippen MR) is 77.9 cm³/mol. The van der Waals surface area contributed by atoms with Crippen molar-refractivity contribution in [3.05, 3.63) is 33.8 Å². The fraction of sp³-hybridized carbons (Fsp3) is 0.462. The molecule has 0 heterocycles. The highest BCUT2D eigenvalue weighted by Gasteiger charge is 2.29. The van der Waals surface area contributed by atoms with Crippen molar-refractivity contribution in [1.82, 2.24) is 4.90 Å². The number of nitrogens with two attached hydrogens (primary N) is 1. The SMILES string of the molecule is NC(CCN(Cc1c(Cl)cccc1Cl)C1CC1)=NO. The molecule has 19 heavy (non-hydrogen) atoms. The van der Waals surface area contributed by atoms with Crippen LogP contribution in [0.1, 0.15) is 24.8 Å². The van der Waals surface area contributed by atoms with E-state index in [2.05, 4.69) is 10.1 Å². The molecule has 0 saturated heterocycles. The van der Waals surface area contributed by atoms with Gasteiger partial charge in [-0.25, -0.2) is 0 Å². The molecule has 1 fully saturated rings. The highest BCUT2D eigenvalue weighted by atomic mass is 35.5. The average molecular weight is 302 g/mol. The summed E-state index contributed by atoms with van der Waals surface area (Å²) in [6, 6.07) is 6.08. The summed E-state index contributed by atoms with van der Waals surface area (Å²) in [5.41, 5.74) is 6.46. The third-order valence-electron chi connectivity index (χ3n) is 3.27. The Morgan fingerprint density at radius 3 is 2.53 bits per heavy atom. The Balaban J connectivity index is 2.04. The van der Waals surface area contributed by atoms with Gasteiger partial charge in [-0.15, -0.1) is 0 Å². The largest absolute Gasteiger partial charge is 0.409 e. The van der Waals surface area contributed by atoms with Gasteiger partial charge in [0, 0.05) is 41.2 Å². The van der Waals surface area contributed by atoms with Crippen molar-refractivity contribution in [3.8, 4) is 0 Å². The van der Waals surface area contributed by atoms with Gasteiger partial charge in [0.15, 0.2) is 0 Å². The van der Waals surface area contributed by atoms with Crippen LogP contribution in [0.2, 0.25) is 10.0 Å². The van der Waals surface area contributed by atoms with Crippen LogP contribution in [0.3, 0.4) is 0 Å². The molecule has 0 spiro atoms. The smallest absolute Gasteiger partial charge is 0.140 e. The minimum absolute atomic E-state index is 0.246. The quantitative estimate of drug-likeness (QED) is 0.367. The Morgan fingerprint density at radius 2 is 2.00 bits per heavy atom. The summed E-state index contributed by atoms with van der Waals surface area (Å²) in [6.07, 6.45) is 2.89. The maximum Gasteiger partial charge on any atom is 0.140 e. The minimum Gasteiger partial charge on any atom is -0.409 e. The first kappa shape index (κ1) is 14.4. The van der Waals surface area contributed by atoms with E-state index in [0.717, 1.165) is 12.1 Å². The molecule has 6 heteroatoms. The molecule has 0 amide bonds. The highest BCUT2D eigenvalue weighted by Crippen LogP contribution is 2.32. The van der Waals surface area contributed by atoms with Crippen molar-refractivity contribution < 1.29 is 5.21 Å². The summed E-state index contributed by atoms with van der Waals surface area (Å²) in [4.78, 5) is 2.28. The third-order valence-corrected chi connectivity index (χ3v) is 3.98. The van der Waals surface area contributed by atoms with Gasteiger partial charge in [0.25, 0.3) is 0 Å². The lowest BCUT2D eigenvalue weighted by molar-refractivity contribution is 0.259. The standard InChI is InChI=1S/C13H17Cl2N3O/c14-11-2-1-3-12(15)10(11)8-18(9-4-5-9)7-6-13(16)17-19/h1-3,9,19H,4-8H2,(H2,16,17). The summed E-state index contributed by atoms with van der Waals surface area (Å²) in [5, 5.41) is 12.9. The zero-order valence-electron chi connectivity index (χ0n) is 10.5. The molecular formula is C13H17Cl2N3O. The third kappa shape index (κ3) is 4.00. The van der Waals surface area contributed by atoms with E-state index < -0.39 is 0 Å². The van der Waals surface area contributed by atoms with Crippen LogP contribution in [0.4, 0.5) is 0 Å². The molecule has 104 valence electrons. The van der Waals surface area contributed by atoms with Crippen LogP contribution in [0, 0.1) is 0 Å². The zero-order valence-corrected chi connectivity index (χ0v) is 12.0. The lowest BCUT2D eigenvalue weighted by Gasteiger charge is -2.22. The van der Waals surface area contributed by atoms with Crippen molar-refractivity contribution in [2.45, 2.75) is 31.8 Å². The number of hydrogen-bond donors (Lipinski definition) is 2. The molecule has 0 atom stereocenters. The van der Waals surface area contributed by atoms with Crippen molar-refractivity contribution >= 4 is 29.0 Å². The van der Waals surface area contributed by atoms with Crippen LogP contribution < -0.4 is 5.73 Å². The van der Waals surface area contributed by atoms with Gasteiger partial charge < -0.3 is 10.9 Å². The first-order chi connectivity index (χ1) is 9.11. The Kier molecular flexibility index (Phi) is 4.91. The summed E-state index contributed by atoms with van der Waals surface area (Å²) in [6.45, 7) is 1.43. The van der Waals surface area contributed by atoms with E-state index in [4.69, 9.17) is 34.1 Å². The van der Waals surface area contributed by atoms with Crippen molar-refractivity contribution in [2.75, 3.05) is 6.54 Å². The number of oxime groups is 1. The Morgan fingerprint density at radius 1 is 1.37 bits per heavy atom. The minimum atomic E-state index is 0.246. The van der Waals surface area contributed by atoms with Gasteiger partial charge in [0.05, 0.1) is 0 Å². The topological polar surface area (TPSA) is 61.8 Å². The summed E-state index contributed by atoms with van der Waals surface area (Å²) < 4.78 is 0. The molecular weight excluding hydrogens is 285 g/mol. The second-order valence-corrected chi connectivity index (χ2v) is 5.56. The zero-order chi connectivity index (χ0) is 13.8. The molecule has 1 aliphatic carbocycles. The van der Waals surface area contributed by atoms with E-state index in [1.54, 1.807) is 0 Å². The maximum absolute atomic E-state index is 8.58. The van der Waals surface area contributed by atoms with E-state index in [1.807, 2.05) is 18.2 Å². The van der Waals surface area contributed by atoms with Crippen LogP contribution in [0.15, 0.2) is 23.4 Å². The van der Waals surface area contributed by atoms with Crippen LogP contribution >= 0.6 is 23.2 Å². The Hall–Kier alpha value is -0.970. The van der Waals surface area contributed by atoms with Crippen molar-refractivity contribution in [3.63, 3.8) is 0 Å². The Labute approximate surface area is 122 Å². The first-order valence-corrected chi connectivity index (χ1v) is 7.00. The Bertz CT molecular complexity index is 455. The predicted octanol–water partition coefficient (Wildman–Crippen LogP) is 3.09. The average Bonchev–Trinajstić information content (AvgIpc) is 3.21. The van der Waals surface area contributed by atoms with Crippen LogP contribution in [-0.2, 0) is 6.54 Å². The number of rotatable bonds is 6. The number of amidine groups is 1. The van der Waals surface area contributed by atoms with Crippen molar-refractivity contribution in [2.24, 2.45) is 10.9 Å². The summed E-state index contributed by atoms with van der Waals surface area (Å²) in [7, 11) is 0. The van der Waals surface area contributed by atoms with Gasteiger partial charge in [-0.1, -0.05) is 34.4 Å². The van der Waals surface area contributed by atoms with Gasteiger partial charge in [-0.2, -0.15) is 0 Å². The van der Waals surface area contributed by atoms with Crippen molar-refractivity contribution in [1.29, 1.82) is 0 Å². The number of hydrogen-bond acceptors (Lipinski definition) is 3. The molecule has 3 N–H and O–H groups in total. The van der Waals surface area contributed by atoms with Gasteiger partial charge in [-0.3, -0.25) is 4.90 Å². The first-order valence-electron chi connectivity index (χ1n) is 6.25. The van der Waals surface area contributed by atoms with Gasteiger partial charge in [0.2, 0.25) is 0 Å². The van der Waals surface area contributed by atoms with Crippen LogP contribution in [0.25, 0.3) is 0 Å². The van der Waals surface area contributed by atoms with Gasteiger partial charge in [0.1, 0.15) is 5.84 Å². The van der Waals surface area contributed by atoms with E-state index in [9.17, 15) is 0 Å². The fourth-order valence-corrected chi connectivity index (χ4v) is 2.54. The molecule has 0 radical (unpaired) electrons. The molecule has 1 aromatic carbocycles. The lowest BCUT2D eigenvalue weighted by Crippen LogP contribution is -2.30. The lowest BCUT2D eigenvalue weighted by atomic mass is 10.2.